The topological polar surface area (TPSA) is 518 Å². The van der Waals surface area contributed by atoms with Gasteiger partial charge in [-0.25, -0.2) is 55.7 Å². The van der Waals surface area contributed by atoms with Crippen LogP contribution >= 0.6 is 76.2 Å². The van der Waals surface area contributed by atoms with Gasteiger partial charge in [0.15, 0.2) is 13.5 Å². The number of carbonyl (C=O) groups is 11. The standard InChI is InChI=1S/C20H17OP.C19H26ClNO5.C18H27ClN2O5.C14H13ClF2N2O4S2.C9H7ClO2.C9H18N2O4.C7H5ClO2.C4H8O.C2H2FO3.CH4.2K/c21-16-17-22(18-10-4-1-5-11-18,19-12-6-2-7-13-19)20-14-8-3-9-15-20;1-19(2,3)26-18(25)21-15(17(23)24)9-7-5-4-6-8-13-12-14(20)10-11-16(13)22;1-18(2,3)26-17(25)21-14(16(23)24)8-10-20-9-4-5-12-11-13(19)6-7-15(12)22;1-14(2,3)23-13(20)19(12-6-24-7-18-12)25(21,22)11-4-8(15)9(16)5-10(11)17;10-8-3-4-9(12)7(6-8)2-1-5-11;1-9(2,3)15-8(14)11-6(4-5-10)7(12)13;8-6-1-2-7(10)5(3-6)4-9;1-2-4-5-3-1;3-1-5-6-2-4;;;/h1-17H;6,8,10-12,15,22H,4-5,7,9H2,1-3H3,(H,21,25)(H,23,24);6-7,11,14,20,22H,4-5,8-10H2,1-3H3,(H,21,25)(H,23,24);4-7H,1-3H3;1-6,12H;6H,4-5,10H2,1-3H3,(H,11,14)(H,12,13);1-4,10H;1-4H2;1-2H;1H4;;/q;;;;;;;;-1;;2*+1/b;8-6+;;;2-1+;;;;;;;/t;15-;14-;;;6-;;;;;;/m.00..0....../s1/i;;;;;;;;2D;;;. The van der Waals surface area contributed by atoms with E-state index >= 15 is 0 Å². The second-order valence-corrected chi connectivity index (χ2v) is 42.4. The quantitative estimate of drug-likeness (QED) is 0.00174. The zero-order valence-electron chi connectivity index (χ0n) is 85.5. The van der Waals surface area contributed by atoms with E-state index in [0.717, 1.165) is 49.2 Å². The fraction of sp³-hybridized carbons (Fsp3) is 0.340. The molecule has 47 heteroatoms. The number of ether oxygens (including phenoxy) is 5. The first-order chi connectivity index (χ1) is 69.5. The van der Waals surface area contributed by atoms with Gasteiger partial charge >= 0.3 is 151 Å². The Balaban J connectivity index is 0. The molecule has 8 aromatic carbocycles. The normalized spacial score (nSPS) is 11.9. The van der Waals surface area contributed by atoms with E-state index in [4.69, 9.17) is 99.0 Å². The number of aromatic nitrogens is 1. The maximum absolute atomic E-state index is 14.1. The van der Waals surface area contributed by atoms with Crippen molar-refractivity contribution in [2.24, 2.45) is 5.73 Å². The number of hydrogen-bond acceptors (Lipinski definition) is 28. The van der Waals surface area contributed by atoms with Gasteiger partial charge in [-0.15, -0.1) is 15.6 Å². The van der Waals surface area contributed by atoms with Gasteiger partial charge in [0.25, 0.3) is 10.0 Å². The molecular weight excluding hydrogens is 2170 g/mol. The molecule has 0 bridgehead atoms. The average molecular weight is 2300 g/mol. The first kappa shape index (κ1) is 141. The van der Waals surface area contributed by atoms with Gasteiger partial charge in [0, 0.05) is 55.9 Å². The molecule has 810 valence electrons. The zero-order valence-corrected chi connectivity index (χ0v) is 97.0. The molecule has 1 saturated heterocycles. The molecule has 1 aromatic heterocycles. The second-order valence-electron chi connectivity index (χ2n) is 34.5. The van der Waals surface area contributed by atoms with Crippen LogP contribution in [0.5, 0.6) is 23.0 Å². The summed E-state index contributed by atoms with van der Waals surface area (Å²) in [5, 5.41) is 81.2. The predicted octanol–water partition coefficient (Wildman–Crippen LogP) is 14.8. The van der Waals surface area contributed by atoms with Crippen molar-refractivity contribution >= 4 is 194 Å². The average Bonchev–Trinajstić information content (AvgIpc) is 1.48. The first-order valence-corrected chi connectivity index (χ1v) is 50.9. The molecule has 13 N–H and O–H groups in total. The summed E-state index contributed by atoms with van der Waals surface area (Å²) in [4.78, 5) is 130. The van der Waals surface area contributed by atoms with Gasteiger partial charge < -0.3 is 101 Å². The van der Waals surface area contributed by atoms with E-state index in [1.54, 1.807) is 111 Å². The summed E-state index contributed by atoms with van der Waals surface area (Å²) < 4.78 is 94.8. The van der Waals surface area contributed by atoms with Gasteiger partial charge in [0.2, 0.25) is 0 Å². The maximum atomic E-state index is 14.1. The number of carboxylic acid groups (broad SMARTS) is 3. The van der Waals surface area contributed by atoms with E-state index in [2.05, 4.69) is 72.4 Å². The summed E-state index contributed by atoms with van der Waals surface area (Å²) in [7, 11) is -4.79. The number of sulfonamides is 1. The number of halogens is 8. The van der Waals surface area contributed by atoms with Crippen molar-refractivity contribution in [3.05, 3.63) is 265 Å². The Labute approximate surface area is 987 Å². The summed E-state index contributed by atoms with van der Waals surface area (Å²) in [5.41, 5.74) is 5.64. The van der Waals surface area contributed by atoms with Crippen LogP contribution in [0.4, 0.5) is 38.2 Å². The van der Waals surface area contributed by atoms with Crippen LogP contribution in [-0.2, 0) is 78.7 Å². The molecule has 2 heterocycles. The van der Waals surface area contributed by atoms with Gasteiger partial charge in [-0.2, -0.15) is 0 Å². The molecule has 1 aliphatic rings. The van der Waals surface area contributed by atoms with E-state index in [9.17, 15) is 99.9 Å². The van der Waals surface area contributed by atoms with Gasteiger partial charge in [-0.1, -0.05) is 175 Å². The number of thiazole rings is 1. The Morgan fingerprint density at radius 2 is 0.973 bits per heavy atom. The Kier molecular flexibility index (Phi) is 70.7. The third-order valence-corrected chi connectivity index (χ3v) is 25.5. The number of rotatable bonds is 33. The van der Waals surface area contributed by atoms with E-state index in [1.807, 2.05) is 66.5 Å². The fourth-order valence-corrected chi connectivity index (χ4v) is 18.2. The van der Waals surface area contributed by atoms with Gasteiger partial charge in [-0.3, -0.25) is 19.2 Å². The Morgan fingerprint density at radius 3 is 1.35 bits per heavy atom. The molecule has 9 aromatic rings. The number of aliphatic carboxylic acids is 3. The monoisotopic (exact) mass is 2300 g/mol. The first-order valence-electron chi connectivity index (χ1n) is 45.2. The molecule has 150 heavy (non-hydrogen) atoms. The molecule has 0 spiro atoms. The van der Waals surface area contributed by atoms with E-state index in [1.165, 1.54) is 103 Å². The number of nitrogens with zero attached hydrogens (tertiary/aromatic N) is 2. The summed E-state index contributed by atoms with van der Waals surface area (Å²) >= 11 is 29.5. The van der Waals surface area contributed by atoms with E-state index in [0.29, 0.717) is 94.7 Å². The number of phenolic OH excluding ortho intramolecular Hbond substituents is 4. The molecule has 10 rings (SSSR count). The number of nitrogens with one attached hydrogen (secondary N) is 4. The largest absolute Gasteiger partial charge is 1.00 e. The molecule has 34 nitrogen and oxygen atoms in total. The van der Waals surface area contributed by atoms with Crippen LogP contribution < -0.4 is 150 Å². The van der Waals surface area contributed by atoms with Crippen LogP contribution in [-0.4, -0.2) is 196 Å². The molecule has 0 unspecified atom stereocenters. The van der Waals surface area contributed by atoms with Crippen LogP contribution in [0.3, 0.4) is 0 Å². The number of benzene rings is 8. The van der Waals surface area contributed by atoms with Crippen molar-refractivity contribution < 1.29 is 248 Å². The summed E-state index contributed by atoms with van der Waals surface area (Å²) in [6.45, 7) is 20.8. The minimum Gasteiger partial charge on any atom is -0.508 e. The number of unbranched alkanes of at least 4 members (excludes halogenated alkanes) is 2. The minimum absolute atomic E-state index is 0. The predicted molar refractivity (Wildman–Crippen MR) is 569 cm³/mol. The molecule has 4 amide bonds. The van der Waals surface area contributed by atoms with Gasteiger partial charge in [0.05, 0.1) is 16.1 Å². The van der Waals surface area contributed by atoms with E-state index < -0.39 is 128 Å². The number of allylic oxidation sites excluding steroid dienone is 2. The third-order valence-electron chi connectivity index (χ3n) is 18.1. The molecule has 0 saturated carbocycles. The molecule has 1 aliphatic heterocycles. The summed E-state index contributed by atoms with van der Waals surface area (Å²) in [6.07, 6.45) is 10.4. The third kappa shape index (κ3) is 59.2. The van der Waals surface area contributed by atoms with Crippen LogP contribution in [0, 0.1) is 18.5 Å². The molecular formula is C103H127Cl5F3K2N7O27PS2+. The van der Waals surface area contributed by atoms with Gasteiger partial charge in [0.1, 0.15) is 92.6 Å². The van der Waals surface area contributed by atoms with Crippen molar-refractivity contribution in [3.8, 4) is 23.0 Å². The number of aromatic hydroxyl groups is 4. The van der Waals surface area contributed by atoms with Crippen LogP contribution in [0.2, 0.25) is 25.1 Å². The number of amides is 4. The number of carbonyl (C=O) groups excluding carboxylic acids is 8. The number of alkyl carbamates (subject to hydrolysis) is 3. The number of carboxylic acids is 3. The molecule has 1 fully saturated rings. The van der Waals surface area contributed by atoms with Crippen molar-refractivity contribution in [1.29, 1.82) is 0 Å². The zero-order chi connectivity index (χ0) is 112. The van der Waals surface area contributed by atoms with Crippen molar-refractivity contribution in [3.63, 3.8) is 0 Å². The maximum Gasteiger partial charge on any atom is 1.00 e. The van der Waals surface area contributed by atoms with Crippen molar-refractivity contribution in [2.75, 3.05) is 37.2 Å². The summed E-state index contributed by atoms with van der Waals surface area (Å²) in [5.74, 6) is -3.84. The van der Waals surface area contributed by atoms with Gasteiger partial charge in [-0.05, 0) is 293 Å². The second kappa shape index (κ2) is 75.4. The molecule has 0 aliphatic carbocycles. The summed E-state index contributed by atoms with van der Waals surface area (Å²) in [6, 6.07) is 47.5. The minimum atomic E-state index is -4.79. The van der Waals surface area contributed by atoms with Crippen LogP contribution in [0.1, 0.15) is 177 Å². The number of hydrogen-bond donors (Lipinski definition) is 12. The Hall–Kier alpha value is -9.36. The number of nitrogens with two attached hydrogens (primary N) is 1. The van der Waals surface area contributed by atoms with Crippen molar-refractivity contribution in [2.45, 2.75) is 200 Å². The Bertz CT molecular complexity index is 5840. The van der Waals surface area contributed by atoms with Crippen LogP contribution in [0.25, 0.3) is 12.2 Å². The van der Waals surface area contributed by atoms with Crippen LogP contribution in [0.15, 0.2) is 204 Å². The Morgan fingerprint density at radius 1 is 0.553 bits per heavy atom. The van der Waals surface area contributed by atoms with Crippen molar-refractivity contribution in [1.82, 2.24) is 26.3 Å². The molecule has 3 atom stereocenters. The number of anilines is 1. The number of phenols is 4. The number of aldehydes is 3. The van der Waals surface area contributed by atoms with E-state index in [-0.39, 0.29) is 175 Å². The smallest absolute Gasteiger partial charge is 0.508 e. The number of aryl methyl sites for hydroxylation is 1. The SMILES string of the molecule is C.C1CCOC1.CC(C)(C)OC(=O)N(c1cscn1)S(=O)(=O)c1cc(Cl)c(F)cc1F.CC(C)(C)OC(=O)N[C@@H](CCCC/C=C/c1cc(Cl)ccc1O)C(=O)O.CC(C)(C)OC(=O)N[C@@H](CCN)C(=O)O.CC(C)(C)OC(=O)N[C@@H](CCNCCCc1cc(Cl)ccc1O)C(=O)O.O=C/C=C/c1cc(Cl)ccc1O.O=CC=P(c1ccccc1)(c1ccccc1)c1ccccc1.O=Cc1cc(Cl)ccc1O.[2H]C(=O)OO[CH-]F.[K+].[K+]. The molecule has 0 radical (unpaired) electrons. The fourth-order valence-electron chi connectivity index (χ4n) is 11.8.